The van der Waals surface area contributed by atoms with Crippen molar-refractivity contribution >= 4 is 11.8 Å². The standard InChI is InChI=1S/C7H15N3O2/c1-9-6(11)3-5(8)4-7(12)10-2/h5H,3-4,8H2,1-2H3,(H,9,11)(H,10,12). The van der Waals surface area contributed by atoms with Gasteiger partial charge in [0.1, 0.15) is 0 Å². The zero-order valence-electron chi connectivity index (χ0n) is 7.39. The predicted octanol–water partition coefficient (Wildman–Crippen LogP) is -1.41. The summed E-state index contributed by atoms with van der Waals surface area (Å²) in [5.74, 6) is -0.294. The van der Waals surface area contributed by atoms with Gasteiger partial charge in [-0.1, -0.05) is 0 Å². The third-order valence-electron chi connectivity index (χ3n) is 1.45. The summed E-state index contributed by atoms with van der Waals surface area (Å²) in [6.45, 7) is 0. The second kappa shape index (κ2) is 5.54. The van der Waals surface area contributed by atoms with Gasteiger partial charge in [0.15, 0.2) is 0 Å². The van der Waals surface area contributed by atoms with Crippen molar-refractivity contribution in [3.63, 3.8) is 0 Å². The zero-order chi connectivity index (χ0) is 9.56. The van der Waals surface area contributed by atoms with E-state index in [-0.39, 0.29) is 24.7 Å². The molecule has 0 saturated heterocycles. The molecule has 0 aromatic rings. The molecule has 0 aromatic carbocycles. The molecule has 0 fully saturated rings. The summed E-state index contributed by atoms with van der Waals surface area (Å²) in [5, 5.41) is 4.87. The van der Waals surface area contributed by atoms with Gasteiger partial charge in [0, 0.05) is 33.0 Å². The third kappa shape index (κ3) is 4.68. The lowest BCUT2D eigenvalue weighted by atomic mass is 10.1. The molecule has 5 nitrogen and oxygen atoms in total. The summed E-state index contributed by atoms with van der Waals surface area (Å²) in [7, 11) is 3.07. The van der Waals surface area contributed by atoms with E-state index in [4.69, 9.17) is 5.73 Å². The van der Waals surface area contributed by atoms with Crippen LogP contribution in [0.25, 0.3) is 0 Å². The van der Waals surface area contributed by atoms with Gasteiger partial charge in [0.05, 0.1) is 0 Å². The highest BCUT2D eigenvalue weighted by Gasteiger charge is 2.11. The highest BCUT2D eigenvalue weighted by molar-refractivity contribution is 5.79. The Bertz CT molecular complexity index is 152. The topological polar surface area (TPSA) is 84.2 Å². The second-order valence-corrected chi connectivity index (χ2v) is 2.51. The Hall–Kier alpha value is -1.10. The van der Waals surface area contributed by atoms with Crippen LogP contribution < -0.4 is 16.4 Å². The summed E-state index contributed by atoms with van der Waals surface area (Å²) in [6, 6.07) is -0.398. The Kier molecular flexibility index (Phi) is 5.03. The first-order valence-electron chi connectivity index (χ1n) is 3.77. The number of nitrogens with two attached hydrogens (primary N) is 1. The lowest BCUT2D eigenvalue weighted by molar-refractivity contribution is -0.122. The van der Waals surface area contributed by atoms with Crippen LogP contribution in [0.15, 0.2) is 0 Å². The van der Waals surface area contributed by atoms with E-state index in [1.54, 1.807) is 0 Å². The molecule has 0 unspecified atom stereocenters. The SMILES string of the molecule is CNC(=O)CC(N)CC(=O)NC. The summed E-state index contributed by atoms with van der Waals surface area (Å²) in [6.07, 6.45) is 0.369. The van der Waals surface area contributed by atoms with Gasteiger partial charge >= 0.3 is 0 Å². The Labute approximate surface area is 71.7 Å². The van der Waals surface area contributed by atoms with E-state index < -0.39 is 6.04 Å². The van der Waals surface area contributed by atoms with Crippen molar-refractivity contribution < 1.29 is 9.59 Å². The number of hydrogen-bond donors (Lipinski definition) is 3. The number of carbonyl (C=O) groups is 2. The fourth-order valence-corrected chi connectivity index (χ4v) is 0.753. The minimum Gasteiger partial charge on any atom is -0.359 e. The number of carbonyl (C=O) groups excluding carboxylic acids is 2. The van der Waals surface area contributed by atoms with Crippen molar-refractivity contribution in [2.24, 2.45) is 5.73 Å². The van der Waals surface area contributed by atoms with Crippen LogP contribution in [0.3, 0.4) is 0 Å². The van der Waals surface area contributed by atoms with Crippen molar-refractivity contribution in [1.29, 1.82) is 0 Å². The average Bonchev–Trinajstić information content (AvgIpc) is 2.03. The molecule has 0 heterocycles. The van der Waals surface area contributed by atoms with Crippen molar-refractivity contribution in [2.45, 2.75) is 18.9 Å². The van der Waals surface area contributed by atoms with Gasteiger partial charge < -0.3 is 16.4 Å². The monoisotopic (exact) mass is 173 g/mol. The van der Waals surface area contributed by atoms with Crippen LogP contribution in [-0.2, 0) is 9.59 Å². The molecule has 0 aromatic heterocycles. The largest absolute Gasteiger partial charge is 0.359 e. The van der Waals surface area contributed by atoms with Gasteiger partial charge in [-0.25, -0.2) is 0 Å². The lowest BCUT2D eigenvalue weighted by Crippen LogP contribution is -2.34. The Morgan fingerprint density at radius 2 is 1.50 bits per heavy atom. The van der Waals surface area contributed by atoms with E-state index in [0.29, 0.717) is 0 Å². The van der Waals surface area contributed by atoms with E-state index in [0.717, 1.165) is 0 Å². The molecule has 0 spiro atoms. The van der Waals surface area contributed by atoms with Crippen molar-refractivity contribution in [1.82, 2.24) is 10.6 Å². The van der Waals surface area contributed by atoms with Gasteiger partial charge in [-0.15, -0.1) is 0 Å². The molecule has 12 heavy (non-hydrogen) atoms. The zero-order valence-corrected chi connectivity index (χ0v) is 7.39. The molecule has 70 valence electrons. The molecule has 5 heteroatoms. The maximum Gasteiger partial charge on any atom is 0.221 e. The fraction of sp³-hybridized carbons (Fsp3) is 0.714. The van der Waals surface area contributed by atoms with E-state index in [9.17, 15) is 9.59 Å². The maximum absolute atomic E-state index is 10.8. The molecule has 0 aliphatic carbocycles. The molecule has 0 radical (unpaired) electrons. The average molecular weight is 173 g/mol. The van der Waals surface area contributed by atoms with Crippen molar-refractivity contribution in [2.75, 3.05) is 14.1 Å². The van der Waals surface area contributed by atoms with E-state index >= 15 is 0 Å². The minimum absolute atomic E-state index is 0.147. The number of nitrogens with one attached hydrogen (secondary N) is 2. The van der Waals surface area contributed by atoms with E-state index in [2.05, 4.69) is 10.6 Å². The smallest absolute Gasteiger partial charge is 0.221 e. The van der Waals surface area contributed by atoms with Gasteiger partial charge in [-0.05, 0) is 0 Å². The Morgan fingerprint density at radius 1 is 1.17 bits per heavy atom. The summed E-state index contributed by atoms with van der Waals surface area (Å²) < 4.78 is 0. The maximum atomic E-state index is 10.8. The van der Waals surface area contributed by atoms with Gasteiger partial charge in [-0.2, -0.15) is 0 Å². The minimum atomic E-state index is -0.398. The first kappa shape index (κ1) is 10.9. The molecular weight excluding hydrogens is 158 g/mol. The summed E-state index contributed by atoms with van der Waals surface area (Å²) in [5.41, 5.74) is 5.50. The van der Waals surface area contributed by atoms with Crippen LogP contribution in [0.5, 0.6) is 0 Å². The molecular formula is C7H15N3O2. The molecule has 0 rings (SSSR count). The molecule has 0 aliphatic heterocycles. The van der Waals surface area contributed by atoms with Crippen LogP contribution in [0, 0.1) is 0 Å². The summed E-state index contributed by atoms with van der Waals surface area (Å²) >= 11 is 0. The number of hydrogen-bond acceptors (Lipinski definition) is 3. The number of rotatable bonds is 4. The van der Waals surface area contributed by atoms with Crippen LogP contribution in [0.1, 0.15) is 12.8 Å². The van der Waals surface area contributed by atoms with Gasteiger partial charge in [-0.3, -0.25) is 9.59 Å². The first-order chi connectivity index (χ1) is 5.60. The van der Waals surface area contributed by atoms with E-state index in [1.165, 1.54) is 14.1 Å². The van der Waals surface area contributed by atoms with Gasteiger partial charge in [0.2, 0.25) is 11.8 Å². The van der Waals surface area contributed by atoms with Crippen molar-refractivity contribution in [3.8, 4) is 0 Å². The van der Waals surface area contributed by atoms with Crippen LogP contribution in [0.4, 0.5) is 0 Å². The predicted molar refractivity (Wildman–Crippen MR) is 45.3 cm³/mol. The quantitative estimate of drug-likeness (QED) is 0.488. The highest BCUT2D eigenvalue weighted by Crippen LogP contribution is 1.93. The molecule has 4 N–H and O–H groups in total. The first-order valence-corrected chi connectivity index (χ1v) is 3.77. The third-order valence-corrected chi connectivity index (χ3v) is 1.45. The lowest BCUT2D eigenvalue weighted by Gasteiger charge is -2.08. The summed E-state index contributed by atoms with van der Waals surface area (Å²) in [4.78, 5) is 21.5. The normalized spacial score (nSPS) is 9.67. The molecule has 0 bridgehead atoms. The molecule has 0 saturated carbocycles. The Balaban J connectivity index is 3.66. The van der Waals surface area contributed by atoms with E-state index in [1.807, 2.05) is 0 Å². The molecule has 0 aliphatic rings. The fourth-order valence-electron chi connectivity index (χ4n) is 0.753. The second-order valence-electron chi connectivity index (χ2n) is 2.51. The number of amides is 2. The molecule has 2 amide bonds. The van der Waals surface area contributed by atoms with Crippen molar-refractivity contribution in [3.05, 3.63) is 0 Å². The van der Waals surface area contributed by atoms with Gasteiger partial charge in [0.25, 0.3) is 0 Å². The van der Waals surface area contributed by atoms with Crippen LogP contribution in [0.2, 0.25) is 0 Å². The molecule has 0 atom stereocenters. The van der Waals surface area contributed by atoms with Crippen LogP contribution >= 0.6 is 0 Å². The Morgan fingerprint density at radius 3 is 1.75 bits per heavy atom. The highest BCUT2D eigenvalue weighted by atomic mass is 16.2. The van der Waals surface area contributed by atoms with Crippen LogP contribution in [-0.4, -0.2) is 32.0 Å².